The summed E-state index contributed by atoms with van der Waals surface area (Å²) >= 11 is 0. The van der Waals surface area contributed by atoms with Crippen molar-refractivity contribution in [2.45, 2.75) is 13.3 Å². The number of hydrogen-bond acceptors (Lipinski definition) is 6. The molecule has 8 nitrogen and oxygen atoms in total. The molecule has 0 spiro atoms. The summed E-state index contributed by atoms with van der Waals surface area (Å²) < 4.78 is 19.9. The van der Waals surface area contributed by atoms with Gasteiger partial charge in [0, 0.05) is 7.11 Å². The van der Waals surface area contributed by atoms with Crippen LogP contribution in [0.2, 0.25) is 0 Å². The molecule has 0 radical (unpaired) electrons. The van der Waals surface area contributed by atoms with E-state index < -0.39 is 0 Å². The van der Waals surface area contributed by atoms with E-state index in [0.717, 1.165) is 0 Å². The molecule has 3 aromatic rings. The van der Waals surface area contributed by atoms with Crippen molar-refractivity contribution >= 4 is 22.8 Å². The van der Waals surface area contributed by atoms with Crippen LogP contribution in [0.25, 0.3) is 16.7 Å². The number of carbonyl (C=O) groups is 1. The summed E-state index contributed by atoms with van der Waals surface area (Å²) in [6.45, 7) is 2.11. The summed E-state index contributed by atoms with van der Waals surface area (Å²) in [6, 6.07) is 6.06. The molecule has 2 aromatic heterocycles. The lowest BCUT2D eigenvalue weighted by atomic mass is 10.3. The maximum Gasteiger partial charge on any atom is 0.240 e. The fourth-order valence-electron chi connectivity index (χ4n) is 2.39. The maximum absolute atomic E-state index is 13.5. The summed E-state index contributed by atoms with van der Waals surface area (Å²) in [5, 5.41) is 5.05. The topological polar surface area (TPSA) is 94.0 Å². The maximum atomic E-state index is 13.5. The molecule has 2 N–H and O–H groups in total. The lowest BCUT2D eigenvalue weighted by Crippen LogP contribution is -2.30. The third-order valence-electron chi connectivity index (χ3n) is 3.55. The third-order valence-corrected chi connectivity index (χ3v) is 3.55. The first-order valence-electron chi connectivity index (χ1n) is 7.60. The van der Waals surface area contributed by atoms with Crippen molar-refractivity contribution < 1.29 is 13.9 Å². The van der Waals surface area contributed by atoms with Crippen LogP contribution in [0.4, 0.5) is 10.2 Å². The Balaban J connectivity index is 1.93. The number of amides is 1. The van der Waals surface area contributed by atoms with Crippen LogP contribution in [0.15, 0.2) is 30.6 Å². The zero-order valence-electron chi connectivity index (χ0n) is 13.8. The summed E-state index contributed by atoms with van der Waals surface area (Å²) in [5.41, 5.74) is 7.04. The van der Waals surface area contributed by atoms with E-state index >= 15 is 0 Å². The fraction of sp³-hybridized carbons (Fsp3) is 0.250. The summed E-state index contributed by atoms with van der Waals surface area (Å²) in [6.07, 6.45) is 1.57. The van der Waals surface area contributed by atoms with Crippen molar-refractivity contribution in [3.05, 3.63) is 42.1 Å². The van der Waals surface area contributed by atoms with Gasteiger partial charge in [0.05, 0.1) is 29.8 Å². The summed E-state index contributed by atoms with van der Waals surface area (Å²) in [5.74, 6) is -0.184. The van der Waals surface area contributed by atoms with Crippen LogP contribution in [-0.2, 0) is 9.53 Å². The number of methoxy groups -OCH3 is 1. The van der Waals surface area contributed by atoms with Gasteiger partial charge < -0.3 is 4.74 Å². The van der Waals surface area contributed by atoms with Crippen LogP contribution in [0.1, 0.15) is 12.1 Å². The molecule has 0 saturated carbocycles. The van der Waals surface area contributed by atoms with Gasteiger partial charge in [-0.2, -0.15) is 5.10 Å². The van der Waals surface area contributed by atoms with Gasteiger partial charge in [0.1, 0.15) is 12.1 Å². The first-order valence-corrected chi connectivity index (χ1v) is 7.60. The van der Waals surface area contributed by atoms with Gasteiger partial charge in [-0.15, -0.1) is 0 Å². The minimum Gasteiger partial charge on any atom is -0.384 e. The monoisotopic (exact) mass is 344 g/mol. The highest BCUT2D eigenvalue weighted by Gasteiger charge is 2.15. The molecule has 1 amide bonds. The average molecular weight is 344 g/mol. The molecule has 0 atom stereocenters. The average Bonchev–Trinajstić information content (AvgIpc) is 2.96. The van der Waals surface area contributed by atoms with Crippen molar-refractivity contribution in [1.29, 1.82) is 0 Å². The molecule has 1 aromatic carbocycles. The fourth-order valence-corrected chi connectivity index (χ4v) is 2.39. The Bertz CT molecular complexity index is 911. The summed E-state index contributed by atoms with van der Waals surface area (Å²) in [4.78, 5) is 20.1. The van der Waals surface area contributed by atoms with E-state index in [-0.39, 0.29) is 18.1 Å². The number of anilines is 1. The number of ether oxygens (including phenoxy) is 1. The summed E-state index contributed by atoms with van der Waals surface area (Å²) in [7, 11) is 1.53. The lowest BCUT2D eigenvalue weighted by Gasteiger charge is -2.08. The first-order chi connectivity index (χ1) is 12.1. The van der Waals surface area contributed by atoms with E-state index in [1.807, 2.05) is 0 Å². The number of hydrazine groups is 1. The molecule has 0 aliphatic carbocycles. The quantitative estimate of drug-likeness (QED) is 0.662. The smallest absolute Gasteiger partial charge is 0.240 e. The largest absolute Gasteiger partial charge is 0.384 e. The molecule has 25 heavy (non-hydrogen) atoms. The predicted octanol–water partition coefficient (Wildman–Crippen LogP) is 1.74. The van der Waals surface area contributed by atoms with Gasteiger partial charge in [0.25, 0.3) is 0 Å². The Hall–Kier alpha value is -3.07. The van der Waals surface area contributed by atoms with Crippen molar-refractivity contribution in [2.24, 2.45) is 0 Å². The molecule has 0 aliphatic heterocycles. The number of carbonyl (C=O) groups excluding carboxylic acids is 1. The Morgan fingerprint density at radius 1 is 1.36 bits per heavy atom. The zero-order valence-corrected chi connectivity index (χ0v) is 13.8. The van der Waals surface area contributed by atoms with Gasteiger partial charge in [-0.3, -0.25) is 15.6 Å². The van der Waals surface area contributed by atoms with Crippen molar-refractivity contribution in [3.63, 3.8) is 0 Å². The number of aromatic nitrogens is 4. The van der Waals surface area contributed by atoms with Gasteiger partial charge in [-0.05, 0) is 25.1 Å². The van der Waals surface area contributed by atoms with E-state index in [2.05, 4.69) is 25.9 Å². The van der Waals surface area contributed by atoms with E-state index in [1.54, 1.807) is 19.1 Å². The SMILES string of the molecule is COCCC(=O)NNc1ncnc2c1c(C)nn2-c1cccc(F)c1. The molecule has 0 saturated heterocycles. The Labute approximate surface area is 143 Å². The van der Waals surface area contributed by atoms with Crippen LogP contribution < -0.4 is 10.9 Å². The molecule has 0 aliphatic rings. The number of nitrogens with zero attached hydrogens (tertiary/aromatic N) is 4. The number of rotatable bonds is 6. The van der Waals surface area contributed by atoms with Crippen LogP contribution in [0.3, 0.4) is 0 Å². The van der Waals surface area contributed by atoms with Crippen LogP contribution in [-0.4, -0.2) is 39.4 Å². The van der Waals surface area contributed by atoms with Crippen LogP contribution in [0, 0.1) is 12.7 Å². The van der Waals surface area contributed by atoms with E-state index in [9.17, 15) is 9.18 Å². The second-order valence-electron chi connectivity index (χ2n) is 5.31. The minimum absolute atomic E-state index is 0.221. The first kappa shape index (κ1) is 16.8. The second-order valence-corrected chi connectivity index (χ2v) is 5.31. The standard InChI is InChI=1S/C16H17FN6O2/c1-10-14-15(21-20-13(24)6-7-25-2)18-9-19-16(14)23(22-10)12-5-3-4-11(17)8-12/h3-5,8-9H,6-7H2,1-2H3,(H,20,24)(H,18,19,21). The van der Waals surface area contributed by atoms with Gasteiger partial charge in [0.15, 0.2) is 11.5 Å². The molecule has 0 fully saturated rings. The molecule has 0 bridgehead atoms. The number of halogens is 1. The van der Waals surface area contributed by atoms with Crippen molar-refractivity contribution in [2.75, 3.05) is 19.1 Å². The highest BCUT2D eigenvalue weighted by atomic mass is 19.1. The predicted molar refractivity (Wildman–Crippen MR) is 89.6 cm³/mol. The van der Waals surface area contributed by atoms with Crippen molar-refractivity contribution in [3.8, 4) is 5.69 Å². The molecule has 2 heterocycles. The number of benzene rings is 1. The van der Waals surface area contributed by atoms with Gasteiger partial charge >= 0.3 is 0 Å². The molecular weight excluding hydrogens is 327 g/mol. The van der Waals surface area contributed by atoms with E-state index in [0.29, 0.717) is 34.8 Å². The number of aryl methyl sites for hydroxylation is 1. The third kappa shape index (κ3) is 3.56. The number of fused-ring (bicyclic) bond motifs is 1. The Morgan fingerprint density at radius 3 is 2.96 bits per heavy atom. The minimum atomic E-state index is -0.364. The van der Waals surface area contributed by atoms with E-state index in [4.69, 9.17) is 4.74 Å². The molecule has 0 unspecified atom stereocenters. The van der Waals surface area contributed by atoms with E-state index in [1.165, 1.54) is 30.3 Å². The lowest BCUT2D eigenvalue weighted by molar-refractivity contribution is -0.121. The van der Waals surface area contributed by atoms with Crippen LogP contribution >= 0.6 is 0 Å². The molecule has 3 rings (SSSR count). The Morgan fingerprint density at radius 2 is 2.20 bits per heavy atom. The van der Waals surface area contributed by atoms with Crippen molar-refractivity contribution in [1.82, 2.24) is 25.2 Å². The normalized spacial score (nSPS) is 10.8. The highest BCUT2D eigenvalue weighted by molar-refractivity contribution is 5.91. The molecular formula is C16H17FN6O2. The molecule has 130 valence electrons. The number of hydrogen-bond donors (Lipinski definition) is 2. The second kappa shape index (κ2) is 7.22. The Kier molecular flexibility index (Phi) is 4.85. The zero-order chi connectivity index (χ0) is 17.8. The molecule has 9 heteroatoms. The number of nitrogens with one attached hydrogen (secondary N) is 2. The highest BCUT2D eigenvalue weighted by Crippen LogP contribution is 2.25. The van der Waals surface area contributed by atoms with Crippen LogP contribution in [0.5, 0.6) is 0 Å². The van der Waals surface area contributed by atoms with Gasteiger partial charge in [0.2, 0.25) is 5.91 Å². The van der Waals surface area contributed by atoms with Gasteiger partial charge in [-0.25, -0.2) is 19.0 Å². The van der Waals surface area contributed by atoms with Gasteiger partial charge in [-0.1, -0.05) is 6.07 Å².